The lowest BCUT2D eigenvalue weighted by molar-refractivity contribution is 0.457. The maximum Gasteiger partial charge on any atom is 0.119 e. The number of fused-ring (bicyclic) bond motifs is 1. The Morgan fingerprint density at radius 3 is 3.12 bits per heavy atom. The van der Waals surface area contributed by atoms with Crippen LogP contribution in [0.3, 0.4) is 0 Å². The number of benzene rings is 1. The van der Waals surface area contributed by atoms with E-state index in [0.717, 1.165) is 30.9 Å². The van der Waals surface area contributed by atoms with Crippen molar-refractivity contribution in [3.8, 4) is 5.75 Å². The van der Waals surface area contributed by atoms with Gasteiger partial charge in [0.2, 0.25) is 0 Å². The van der Waals surface area contributed by atoms with E-state index in [2.05, 4.69) is 23.1 Å². The standard InChI is InChI=1S/C14H19NOS/c16-14-3-1-2-11-12(14)4-5-13(11)15-8-10-6-7-17-9-10/h1-3,10,13,15-16H,4-9H2. The van der Waals surface area contributed by atoms with Gasteiger partial charge in [0, 0.05) is 6.04 Å². The summed E-state index contributed by atoms with van der Waals surface area (Å²) in [6, 6.07) is 6.38. The van der Waals surface area contributed by atoms with E-state index < -0.39 is 0 Å². The highest BCUT2D eigenvalue weighted by Crippen LogP contribution is 2.36. The molecule has 0 saturated carbocycles. The van der Waals surface area contributed by atoms with E-state index in [0.29, 0.717) is 11.8 Å². The van der Waals surface area contributed by atoms with Crippen molar-refractivity contribution in [2.24, 2.45) is 5.92 Å². The number of hydrogen-bond acceptors (Lipinski definition) is 3. The minimum atomic E-state index is 0.461. The fourth-order valence-electron chi connectivity index (χ4n) is 2.90. The van der Waals surface area contributed by atoms with Gasteiger partial charge in [-0.15, -0.1) is 0 Å². The molecule has 0 aromatic heterocycles. The van der Waals surface area contributed by atoms with E-state index in [9.17, 15) is 5.11 Å². The lowest BCUT2D eigenvalue weighted by Gasteiger charge is -2.17. The summed E-state index contributed by atoms with van der Waals surface area (Å²) in [5, 5.41) is 13.5. The van der Waals surface area contributed by atoms with Crippen molar-refractivity contribution in [3.63, 3.8) is 0 Å². The van der Waals surface area contributed by atoms with Crippen LogP contribution in [0.25, 0.3) is 0 Å². The molecule has 1 aliphatic carbocycles. The Labute approximate surface area is 107 Å². The lowest BCUT2D eigenvalue weighted by Crippen LogP contribution is -2.26. The summed E-state index contributed by atoms with van der Waals surface area (Å²) in [6.07, 6.45) is 3.50. The van der Waals surface area contributed by atoms with Crippen molar-refractivity contribution in [1.82, 2.24) is 5.32 Å². The van der Waals surface area contributed by atoms with Crippen molar-refractivity contribution < 1.29 is 5.11 Å². The molecule has 1 aromatic carbocycles. The normalized spacial score (nSPS) is 27.3. The molecule has 17 heavy (non-hydrogen) atoms. The van der Waals surface area contributed by atoms with Gasteiger partial charge in [0.15, 0.2) is 0 Å². The number of nitrogens with one attached hydrogen (secondary N) is 1. The predicted molar refractivity (Wildman–Crippen MR) is 72.6 cm³/mol. The second kappa shape index (κ2) is 4.91. The second-order valence-electron chi connectivity index (χ2n) is 5.07. The van der Waals surface area contributed by atoms with Crippen LogP contribution in [0.15, 0.2) is 18.2 Å². The Morgan fingerprint density at radius 2 is 2.29 bits per heavy atom. The summed E-state index contributed by atoms with van der Waals surface area (Å²) in [6.45, 7) is 1.13. The third-order valence-corrected chi connectivity index (χ3v) is 5.15. The first-order valence-electron chi connectivity index (χ1n) is 6.46. The van der Waals surface area contributed by atoms with Crippen LogP contribution in [-0.4, -0.2) is 23.2 Å². The Hall–Kier alpha value is -0.670. The predicted octanol–water partition coefficient (Wildman–Crippen LogP) is 2.72. The minimum Gasteiger partial charge on any atom is -0.508 e. The van der Waals surface area contributed by atoms with Crippen molar-refractivity contribution in [2.45, 2.75) is 25.3 Å². The van der Waals surface area contributed by atoms with E-state index in [1.54, 1.807) is 6.07 Å². The van der Waals surface area contributed by atoms with E-state index in [-0.39, 0.29) is 0 Å². The molecule has 2 aliphatic rings. The van der Waals surface area contributed by atoms with Crippen LogP contribution in [-0.2, 0) is 6.42 Å². The van der Waals surface area contributed by atoms with Crippen LogP contribution in [0.2, 0.25) is 0 Å². The molecule has 0 spiro atoms. The Morgan fingerprint density at radius 1 is 1.35 bits per heavy atom. The summed E-state index contributed by atoms with van der Waals surface area (Å²) in [5.74, 6) is 3.96. The van der Waals surface area contributed by atoms with Crippen LogP contribution >= 0.6 is 11.8 Å². The summed E-state index contributed by atoms with van der Waals surface area (Å²) < 4.78 is 0. The molecule has 2 unspecified atom stereocenters. The van der Waals surface area contributed by atoms with Gasteiger partial charge in [0.1, 0.15) is 5.75 Å². The van der Waals surface area contributed by atoms with E-state index in [1.807, 2.05) is 6.07 Å². The summed E-state index contributed by atoms with van der Waals surface area (Å²) in [5.41, 5.74) is 2.47. The highest BCUT2D eigenvalue weighted by atomic mass is 32.2. The van der Waals surface area contributed by atoms with Crippen LogP contribution < -0.4 is 5.32 Å². The Kier molecular flexibility index (Phi) is 3.30. The number of rotatable bonds is 3. The van der Waals surface area contributed by atoms with Crippen molar-refractivity contribution in [2.75, 3.05) is 18.1 Å². The number of thioether (sulfide) groups is 1. The molecular formula is C14H19NOS. The van der Waals surface area contributed by atoms with Crippen LogP contribution in [0, 0.1) is 5.92 Å². The summed E-state index contributed by atoms with van der Waals surface area (Å²) >= 11 is 2.07. The summed E-state index contributed by atoms with van der Waals surface area (Å²) in [4.78, 5) is 0. The lowest BCUT2D eigenvalue weighted by atomic mass is 10.1. The second-order valence-corrected chi connectivity index (χ2v) is 6.22. The zero-order valence-corrected chi connectivity index (χ0v) is 10.8. The molecule has 1 heterocycles. The Balaban J connectivity index is 1.65. The molecule has 1 aliphatic heterocycles. The number of aromatic hydroxyl groups is 1. The average molecular weight is 249 g/mol. The molecule has 3 rings (SSSR count). The average Bonchev–Trinajstić information content (AvgIpc) is 2.95. The number of phenols is 1. The third-order valence-electron chi connectivity index (χ3n) is 3.92. The van der Waals surface area contributed by atoms with Gasteiger partial charge in [0.05, 0.1) is 0 Å². The number of hydrogen-bond donors (Lipinski definition) is 2. The smallest absolute Gasteiger partial charge is 0.119 e. The molecule has 1 fully saturated rings. The zero-order valence-electron chi connectivity index (χ0n) is 9.98. The van der Waals surface area contributed by atoms with Gasteiger partial charge in [0.25, 0.3) is 0 Å². The van der Waals surface area contributed by atoms with Gasteiger partial charge in [-0.3, -0.25) is 0 Å². The largest absolute Gasteiger partial charge is 0.508 e. The fraction of sp³-hybridized carbons (Fsp3) is 0.571. The molecule has 2 N–H and O–H groups in total. The fourth-order valence-corrected chi connectivity index (χ4v) is 4.18. The van der Waals surface area contributed by atoms with Crippen LogP contribution in [0.1, 0.15) is 30.0 Å². The highest BCUT2D eigenvalue weighted by molar-refractivity contribution is 7.99. The van der Waals surface area contributed by atoms with Gasteiger partial charge >= 0.3 is 0 Å². The van der Waals surface area contributed by atoms with Crippen molar-refractivity contribution >= 4 is 11.8 Å². The highest BCUT2D eigenvalue weighted by Gasteiger charge is 2.25. The zero-order chi connectivity index (χ0) is 11.7. The molecule has 1 aromatic rings. The molecule has 1 saturated heterocycles. The van der Waals surface area contributed by atoms with E-state index >= 15 is 0 Å². The van der Waals surface area contributed by atoms with Crippen molar-refractivity contribution in [1.29, 1.82) is 0 Å². The quantitative estimate of drug-likeness (QED) is 0.864. The Bertz CT molecular complexity index is 401. The monoisotopic (exact) mass is 249 g/mol. The van der Waals surface area contributed by atoms with Crippen LogP contribution in [0.4, 0.5) is 0 Å². The minimum absolute atomic E-state index is 0.461. The third kappa shape index (κ3) is 2.31. The molecular weight excluding hydrogens is 230 g/mol. The molecule has 0 bridgehead atoms. The van der Waals surface area contributed by atoms with E-state index in [1.165, 1.54) is 23.5 Å². The van der Waals surface area contributed by atoms with Gasteiger partial charge in [-0.05, 0) is 60.4 Å². The van der Waals surface area contributed by atoms with Gasteiger partial charge in [-0.25, -0.2) is 0 Å². The molecule has 0 amide bonds. The molecule has 2 nitrogen and oxygen atoms in total. The molecule has 2 atom stereocenters. The van der Waals surface area contributed by atoms with Crippen LogP contribution in [0.5, 0.6) is 5.75 Å². The van der Waals surface area contributed by atoms with Gasteiger partial charge in [-0.2, -0.15) is 11.8 Å². The van der Waals surface area contributed by atoms with E-state index in [4.69, 9.17) is 0 Å². The summed E-state index contributed by atoms with van der Waals surface area (Å²) in [7, 11) is 0. The van der Waals surface area contributed by atoms with Crippen molar-refractivity contribution in [3.05, 3.63) is 29.3 Å². The van der Waals surface area contributed by atoms with Gasteiger partial charge in [-0.1, -0.05) is 12.1 Å². The first-order chi connectivity index (χ1) is 8.34. The van der Waals surface area contributed by atoms with Gasteiger partial charge < -0.3 is 10.4 Å². The SMILES string of the molecule is Oc1cccc2c1CCC2NCC1CCSC1. The first-order valence-corrected chi connectivity index (χ1v) is 7.62. The number of phenolic OH excluding ortho intramolecular Hbond substituents is 1. The molecule has 0 radical (unpaired) electrons. The molecule has 3 heteroatoms. The maximum atomic E-state index is 9.80. The maximum absolute atomic E-state index is 9.80. The topological polar surface area (TPSA) is 32.3 Å². The first kappa shape index (κ1) is 11.4. The molecule has 92 valence electrons.